The number of sulfonamides is 1. The summed E-state index contributed by atoms with van der Waals surface area (Å²) in [5.74, 6) is 1.69. The van der Waals surface area contributed by atoms with Crippen molar-refractivity contribution in [2.75, 3.05) is 17.1 Å². The van der Waals surface area contributed by atoms with Crippen molar-refractivity contribution in [1.29, 1.82) is 0 Å². The van der Waals surface area contributed by atoms with Gasteiger partial charge in [-0.2, -0.15) is 0 Å². The topological polar surface area (TPSA) is 86.8 Å². The number of hydrogen-bond donors (Lipinski definition) is 1. The Labute approximate surface area is 256 Å². The minimum absolute atomic E-state index is 0.0884. The number of hydrogen-bond acceptors (Lipinski definition) is 4. The molecule has 1 atom stereocenters. The number of rotatable bonds is 11. The average Bonchev–Trinajstić information content (AvgIpc) is 2.91. The number of anilines is 1. The lowest BCUT2D eigenvalue weighted by Crippen LogP contribution is -2.53. The maximum absolute atomic E-state index is 14.0. The van der Waals surface area contributed by atoms with Gasteiger partial charge in [0, 0.05) is 17.6 Å². The molecule has 0 saturated heterocycles. The molecule has 0 spiro atoms. The van der Waals surface area contributed by atoms with Gasteiger partial charge >= 0.3 is 0 Å². The lowest BCUT2D eigenvalue weighted by Gasteiger charge is -2.57. The summed E-state index contributed by atoms with van der Waals surface area (Å²) in [7, 11) is -3.80. The highest BCUT2D eigenvalue weighted by molar-refractivity contribution is 7.92. The lowest BCUT2D eigenvalue weighted by atomic mass is 9.48. The summed E-state index contributed by atoms with van der Waals surface area (Å²) in [6, 6.07) is 14.2. The molecule has 0 heterocycles. The second-order valence-electron chi connectivity index (χ2n) is 13.2. The highest BCUT2D eigenvalue weighted by Crippen LogP contribution is 2.60. The average molecular weight is 614 g/mol. The van der Waals surface area contributed by atoms with E-state index in [0.29, 0.717) is 22.7 Å². The molecule has 4 saturated carbocycles. The molecule has 1 N–H and O–H groups in total. The summed E-state index contributed by atoms with van der Waals surface area (Å²) in [6.07, 6.45) is 9.24. The maximum Gasteiger partial charge on any atom is 0.244 e. The molecule has 228 valence electrons. The molecule has 4 aliphatic rings. The predicted molar refractivity (Wildman–Crippen MR) is 168 cm³/mol. The van der Waals surface area contributed by atoms with Crippen LogP contribution in [0.2, 0.25) is 5.02 Å². The van der Waals surface area contributed by atoms with E-state index in [0.717, 1.165) is 28.3 Å². The van der Waals surface area contributed by atoms with Crippen LogP contribution in [-0.2, 0) is 31.6 Å². The highest BCUT2D eigenvalue weighted by Gasteiger charge is 2.51. The van der Waals surface area contributed by atoms with Crippen molar-refractivity contribution in [3.05, 3.63) is 64.7 Å². The van der Waals surface area contributed by atoms with Crippen LogP contribution in [-0.4, -0.2) is 50.0 Å². The number of carbonyl (C=O) groups excluding carboxylic acids is 2. The largest absolute Gasteiger partial charge is 0.352 e. The number of benzene rings is 2. The number of halogens is 1. The zero-order chi connectivity index (χ0) is 30.2. The Kier molecular flexibility index (Phi) is 8.96. The second-order valence-corrected chi connectivity index (χ2v) is 15.5. The van der Waals surface area contributed by atoms with E-state index in [-0.39, 0.29) is 23.9 Å². The molecule has 9 heteroatoms. The number of nitrogens with zero attached hydrogens (tertiary/aromatic N) is 2. The summed E-state index contributed by atoms with van der Waals surface area (Å²) in [4.78, 5) is 28.6. The van der Waals surface area contributed by atoms with E-state index in [1.807, 2.05) is 45.0 Å². The molecule has 4 aliphatic carbocycles. The molecule has 0 radical (unpaired) electrons. The van der Waals surface area contributed by atoms with Crippen molar-refractivity contribution in [2.24, 2.45) is 17.8 Å². The molecule has 6 rings (SSSR count). The second kappa shape index (κ2) is 12.2. The molecule has 0 unspecified atom stereocenters. The molecular formula is C33H44ClN3O4S. The van der Waals surface area contributed by atoms with Gasteiger partial charge in [0.1, 0.15) is 12.6 Å². The third-order valence-electron chi connectivity index (χ3n) is 9.60. The fraction of sp³-hybridized carbons (Fsp3) is 0.576. The van der Waals surface area contributed by atoms with Crippen LogP contribution in [0, 0.1) is 17.8 Å². The Morgan fingerprint density at radius 1 is 0.976 bits per heavy atom. The minimum Gasteiger partial charge on any atom is -0.352 e. The number of carbonyl (C=O) groups is 2. The highest BCUT2D eigenvalue weighted by atomic mass is 35.5. The standard InChI is InChI=1S/C33H44ClN3O4S/c1-5-30(32(39)35-22(2)3)36(20-26-8-6-7-9-29(26)34)31(38)21-37(42(4,40)41)28-12-10-27(11-13-28)33-17-23-14-24(18-33)16-25(15-23)19-33/h6-13,22-25,30H,5,14-21H2,1-4H3,(H,35,39)/t23?,24?,25?,30-,33?/m1/s1. The van der Waals surface area contributed by atoms with Crippen LogP contribution in [0.1, 0.15) is 76.8 Å². The van der Waals surface area contributed by atoms with Crippen LogP contribution in [0.3, 0.4) is 0 Å². The van der Waals surface area contributed by atoms with E-state index in [1.54, 1.807) is 12.1 Å². The quantitative estimate of drug-likeness (QED) is 0.342. The van der Waals surface area contributed by atoms with Crippen molar-refractivity contribution in [3.63, 3.8) is 0 Å². The van der Waals surface area contributed by atoms with Gasteiger partial charge in [0.05, 0.1) is 11.9 Å². The van der Waals surface area contributed by atoms with Gasteiger partial charge in [-0.3, -0.25) is 13.9 Å². The molecular weight excluding hydrogens is 570 g/mol. The Hall–Kier alpha value is -2.58. The van der Waals surface area contributed by atoms with Gasteiger partial charge in [-0.05, 0) is 111 Å². The molecule has 2 aromatic carbocycles. The van der Waals surface area contributed by atoms with E-state index in [2.05, 4.69) is 17.4 Å². The van der Waals surface area contributed by atoms with Crippen molar-refractivity contribution >= 4 is 39.1 Å². The van der Waals surface area contributed by atoms with Crippen molar-refractivity contribution in [2.45, 2.75) is 89.8 Å². The van der Waals surface area contributed by atoms with Gasteiger partial charge in [-0.15, -0.1) is 0 Å². The van der Waals surface area contributed by atoms with Crippen molar-refractivity contribution < 1.29 is 18.0 Å². The summed E-state index contributed by atoms with van der Waals surface area (Å²) < 4.78 is 27.3. The van der Waals surface area contributed by atoms with Crippen molar-refractivity contribution in [1.82, 2.24) is 10.2 Å². The number of nitrogens with one attached hydrogen (secondary N) is 1. The first kappa shape index (κ1) is 30.9. The van der Waals surface area contributed by atoms with Gasteiger partial charge in [0.2, 0.25) is 21.8 Å². The van der Waals surface area contributed by atoms with E-state index in [9.17, 15) is 18.0 Å². The van der Waals surface area contributed by atoms with Crippen LogP contribution >= 0.6 is 11.6 Å². The molecule has 4 bridgehead atoms. The Morgan fingerprint density at radius 2 is 1.55 bits per heavy atom. The van der Waals surface area contributed by atoms with Crippen molar-refractivity contribution in [3.8, 4) is 0 Å². The fourth-order valence-electron chi connectivity index (χ4n) is 8.17. The van der Waals surface area contributed by atoms with Gasteiger partial charge in [0.25, 0.3) is 0 Å². The van der Waals surface area contributed by atoms with Crippen LogP contribution in [0.15, 0.2) is 48.5 Å². The van der Waals surface area contributed by atoms with E-state index < -0.39 is 28.5 Å². The predicted octanol–water partition coefficient (Wildman–Crippen LogP) is 5.91. The van der Waals surface area contributed by atoms with E-state index in [4.69, 9.17) is 11.6 Å². The summed E-state index contributed by atoms with van der Waals surface area (Å²) in [5.41, 5.74) is 2.64. The summed E-state index contributed by atoms with van der Waals surface area (Å²) in [5, 5.41) is 3.39. The lowest BCUT2D eigenvalue weighted by molar-refractivity contribution is -0.140. The monoisotopic (exact) mass is 613 g/mol. The van der Waals surface area contributed by atoms with Gasteiger partial charge in [-0.25, -0.2) is 8.42 Å². The molecule has 2 aromatic rings. The molecule has 0 aromatic heterocycles. The Balaban J connectivity index is 1.41. The van der Waals surface area contributed by atoms with Crippen LogP contribution in [0.25, 0.3) is 0 Å². The molecule has 4 fully saturated rings. The van der Waals surface area contributed by atoms with E-state index >= 15 is 0 Å². The fourth-order valence-corrected chi connectivity index (χ4v) is 9.21. The molecule has 7 nitrogen and oxygen atoms in total. The number of amides is 2. The third kappa shape index (κ3) is 6.49. The Bertz CT molecular complexity index is 1370. The first-order chi connectivity index (χ1) is 19.9. The zero-order valence-corrected chi connectivity index (χ0v) is 26.8. The first-order valence-electron chi connectivity index (χ1n) is 15.3. The first-order valence-corrected chi connectivity index (χ1v) is 17.5. The third-order valence-corrected chi connectivity index (χ3v) is 11.1. The van der Waals surface area contributed by atoms with Gasteiger partial charge in [-0.1, -0.05) is 48.9 Å². The van der Waals surface area contributed by atoms with Crippen LogP contribution in [0.4, 0.5) is 5.69 Å². The molecule has 0 aliphatic heterocycles. The van der Waals surface area contributed by atoms with Crippen LogP contribution < -0.4 is 9.62 Å². The van der Waals surface area contributed by atoms with Gasteiger partial charge < -0.3 is 10.2 Å². The summed E-state index contributed by atoms with van der Waals surface area (Å²) in [6.45, 7) is 5.25. The van der Waals surface area contributed by atoms with E-state index in [1.165, 1.54) is 49.0 Å². The summed E-state index contributed by atoms with van der Waals surface area (Å²) >= 11 is 6.44. The normalized spacial score (nSPS) is 25.3. The molecule has 2 amide bonds. The SMILES string of the molecule is CC[C@H](C(=O)NC(C)C)N(Cc1ccccc1Cl)C(=O)CN(c1ccc(C23CC4CC(CC(C4)C2)C3)cc1)S(C)(=O)=O. The molecule has 42 heavy (non-hydrogen) atoms. The minimum atomic E-state index is -3.80. The smallest absolute Gasteiger partial charge is 0.244 e. The van der Waals surface area contributed by atoms with Gasteiger partial charge in [0.15, 0.2) is 0 Å². The maximum atomic E-state index is 14.0. The zero-order valence-electron chi connectivity index (χ0n) is 25.2. The Morgan fingerprint density at radius 3 is 2.05 bits per heavy atom. The van der Waals surface area contributed by atoms with Crippen LogP contribution in [0.5, 0.6) is 0 Å².